The van der Waals surface area contributed by atoms with Crippen LogP contribution in [-0.4, -0.2) is 16.8 Å². The van der Waals surface area contributed by atoms with Gasteiger partial charge in [-0.2, -0.15) is 5.10 Å². The Kier molecular flexibility index (Phi) is 5.02. The highest BCUT2D eigenvalue weighted by Crippen LogP contribution is 2.22. The molecule has 1 atom stereocenters. The maximum absolute atomic E-state index is 6.22. The summed E-state index contributed by atoms with van der Waals surface area (Å²) in [4.78, 5) is 0. The van der Waals surface area contributed by atoms with Gasteiger partial charge in [0.1, 0.15) is 0 Å². The van der Waals surface area contributed by atoms with Gasteiger partial charge in [0.05, 0.1) is 12.7 Å². The van der Waals surface area contributed by atoms with Crippen LogP contribution in [0.3, 0.4) is 0 Å². The molecule has 0 aliphatic rings. The first kappa shape index (κ1) is 14.6. The Morgan fingerprint density at radius 2 is 2.26 bits per heavy atom. The maximum atomic E-state index is 6.22. The number of aromatic nitrogens is 2. The number of nitrogens with one attached hydrogen (secondary N) is 1. The van der Waals surface area contributed by atoms with Gasteiger partial charge in [-0.25, -0.2) is 0 Å². The van der Waals surface area contributed by atoms with Crippen molar-refractivity contribution in [3.63, 3.8) is 0 Å². The van der Waals surface area contributed by atoms with Gasteiger partial charge in [0.2, 0.25) is 0 Å². The molecular weight excluding hydrogens is 326 g/mol. The number of rotatable bonds is 5. The Bertz CT molecular complexity index is 549. The Hall–Kier alpha value is -0.840. The van der Waals surface area contributed by atoms with Crippen LogP contribution in [0.15, 0.2) is 35.1 Å². The molecule has 0 saturated heterocycles. The molecule has 0 fully saturated rings. The summed E-state index contributed by atoms with van der Waals surface area (Å²) in [5.41, 5.74) is 2.27. The predicted molar refractivity (Wildman–Crippen MR) is 82.6 cm³/mol. The van der Waals surface area contributed by atoms with E-state index in [1.807, 2.05) is 36.1 Å². The number of nitrogens with zero attached hydrogens (tertiary/aromatic N) is 2. The van der Waals surface area contributed by atoms with Gasteiger partial charge in [0.15, 0.2) is 0 Å². The fourth-order valence-electron chi connectivity index (χ4n) is 2.08. The molecule has 19 heavy (non-hydrogen) atoms. The first-order valence-corrected chi connectivity index (χ1v) is 7.44. The Morgan fingerprint density at radius 3 is 2.89 bits per heavy atom. The van der Waals surface area contributed by atoms with Crippen molar-refractivity contribution in [2.75, 3.05) is 7.05 Å². The highest BCUT2D eigenvalue weighted by Gasteiger charge is 2.10. The van der Waals surface area contributed by atoms with Crippen molar-refractivity contribution in [2.24, 2.45) is 0 Å². The predicted octanol–water partition coefficient (Wildman–Crippen LogP) is 4.02. The molecule has 0 spiro atoms. The van der Waals surface area contributed by atoms with Crippen LogP contribution < -0.4 is 5.32 Å². The van der Waals surface area contributed by atoms with Crippen molar-refractivity contribution in [2.45, 2.75) is 25.9 Å². The zero-order valence-corrected chi connectivity index (χ0v) is 13.4. The molecule has 2 rings (SSSR count). The molecule has 102 valence electrons. The second-order valence-electron chi connectivity index (χ2n) is 4.46. The van der Waals surface area contributed by atoms with E-state index in [1.54, 1.807) is 0 Å². The van der Waals surface area contributed by atoms with E-state index in [1.165, 1.54) is 5.56 Å². The van der Waals surface area contributed by atoms with Crippen molar-refractivity contribution in [1.29, 1.82) is 0 Å². The molecule has 3 nitrogen and oxygen atoms in total. The monoisotopic (exact) mass is 341 g/mol. The normalized spacial score (nSPS) is 12.6. The molecule has 1 heterocycles. The third-order valence-corrected chi connectivity index (χ3v) is 4.00. The lowest BCUT2D eigenvalue weighted by molar-refractivity contribution is 0.575. The van der Waals surface area contributed by atoms with Gasteiger partial charge >= 0.3 is 0 Å². The van der Waals surface area contributed by atoms with E-state index in [0.29, 0.717) is 12.6 Å². The van der Waals surface area contributed by atoms with Crippen molar-refractivity contribution in [3.8, 4) is 0 Å². The topological polar surface area (TPSA) is 29.9 Å². The van der Waals surface area contributed by atoms with Crippen LogP contribution in [0.1, 0.15) is 30.5 Å². The summed E-state index contributed by atoms with van der Waals surface area (Å²) < 4.78 is 2.91. The van der Waals surface area contributed by atoms with E-state index in [4.69, 9.17) is 11.6 Å². The highest BCUT2D eigenvalue weighted by molar-refractivity contribution is 9.10. The van der Waals surface area contributed by atoms with Crippen molar-refractivity contribution < 1.29 is 0 Å². The van der Waals surface area contributed by atoms with E-state index >= 15 is 0 Å². The van der Waals surface area contributed by atoms with Crippen molar-refractivity contribution >= 4 is 27.5 Å². The number of hydrogen-bond acceptors (Lipinski definition) is 2. The molecule has 2 aromatic rings. The molecule has 0 saturated carbocycles. The van der Waals surface area contributed by atoms with E-state index in [0.717, 1.165) is 21.5 Å². The number of hydrogen-bond donors (Lipinski definition) is 1. The summed E-state index contributed by atoms with van der Waals surface area (Å²) in [6, 6.07) is 6.27. The van der Waals surface area contributed by atoms with Crippen LogP contribution in [0, 0.1) is 0 Å². The van der Waals surface area contributed by atoms with Crippen LogP contribution in [-0.2, 0) is 6.54 Å². The molecule has 0 bridgehead atoms. The summed E-state index contributed by atoms with van der Waals surface area (Å²) in [7, 11) is 1.97. The van der Waals surface area contributed by atoms with Gasteiger partial charge in [-0.3, -0.25) is 4.68 Å². The summed E-state index contributed by atoms with van der Waals surface area (Å²) in [5, 5.41) is 8.43. The van der Waals surface area contributed by atoms with E-state index in [-0.39, 0.29) is 0 Å². The smallest absolute Gasteiger partial charge is 0.0674 e. The van der Waals surface area contributed by atoms with Crippen LogP contribution in [0.25, 0.3) is 0 Å². The summed E-state index contributed by atoms with van der Waals surface area (Å²) in [6.45, 7) is 2.84. The first-order valence-electron chi connectivity index (χ1n) is 6.27. The van der Waals surface area contributed by atoms with Crippen LogP contribution in [0.4, 0.5) is 0 Å². The van der Waals surface area contributed by atoms with E-state index in [2.05, 4.69) is 39.5 Å². The molecule has 0 aliphatic heterocycles. The van der Waals surface area contributed by atoms with Crippen LogP contribution >= 0.6 is 27.5 Å². The Balaban J connectivity index is 2.15. The van der Waals surface area contributed by atoms with Gasteiger partial charge < -0.3 is 5.32 Å². The molecular formula is C14H17BrClN3. The second-order valence-corrected chi connectivity index (χ2v) is 5.78. The zero-order valence-electron chi connectivity index (χ0n) is 11.0. The fourth-order valence-corrected chi connectivity index (χ4v) is 2.81. The fraction of sp³-hybridized carbons (Fsp3) is 0.357. The third kappa shape index (κ3) is 3.59. The van der Waals surface area contributed by atoms with Gasteiger partial charge in [-0.05, 0) is 31.2 Å². The Labute approximate surface area is 127 Å². The quantitative estimate of drug-likeness (QED) is 0.889. The van der Waals surface area contributed by atoms with E-state index < -0.39 is 0 Å². The molecule has 1 aromatic heterocycles. The lowest BCUT2D eigenvalue weighted by Crippen LogP contribution is -2.14. The van der Waals surface area contributed by atoms with Gasteiger partial charge in [-0.15, -0.1) is 0 Å². The third-order valence-electron chi connectivity index (χ3n) is 3.16. The molecule has 1 N–H and O–H groups in total. The van der Waals surface area contributed by atoms with Crippen LogP contribution in [0.5, 0.6) is 0 Å². The first-order chi connectivity index (χ1) is 9.13. The number of benzene rings is 1. The molecule has 0 amide bonds. The molecule has 0 aliphatic carbocycles. The van der Waals surface area contributed by atoms with Crippen molar-refractivity contribution in [3.05, 3.63) is 51.2 Å². The average molecular weight is 343 g/mol. The molecule has 0 radical (unpaired) electrons. The number of halogens is 2. The largest absolute Gasteiger partial charge is 0.313 e. The molecule has 1 aromatic carbocycles. The minimum Gasteiger partial charge on any atom is -0.313 e. The Morgan fingerprint density at radius 1 is 1.47 bits per heavy atom. The SMILES string of the molecule is CCC(NC)c1cnn(Cc2ccc(Br)cc2Cl)c1. The minimum atomic E-state index is 0.356. The second kappa shape index (κ2) is 6.55. The van der Waals surface area contributed by atoms with Gasteiger partial charge in [0, 0.05) is 27.3 Å². The summed E-state index contributed by atoms with van der Waals surface area (Å²) in [5.74, 6) is 0. The molecule has 5 heteroatoms. The maximum Gasteiger partial charge on any atom is 0.0674 e. The average Bonchev–Trinajstić information content (AvgIpc) is 2.83. The highest BCUT2D eigenvalue weighted by atomic mass is 79.9. The standard InChI is InChI=1S/C14H17BrClN3/c1-3-14(17-2)11-7-18-19(9-11)8-10-4-5-12(15)6-13(10)16/h4-7,9,14,17H,3,8H2,1-2H3. The van der Waals surface area contributed by atoms with Crippen LogP contribution in [0.2, 0.25) is 5.02 Å². The van der Waals surface area contributed by atoms with Gasteiger partial charge in [-0.1, -0.05) is 40.5 Å². The van der Waals surface area contributed by atoms with Gasteiger partial charge in [0.25, 0.3) is 0 Å². The lowest BCUT2D eigenvalue weighted by atomic mass is 10.1. The summed E-state index contributed by atoms with van der Waals surface area (Å²) in [6.07, 6.45) is 5.03. The lowest BCUT2D eigenvalue weighted by Gasteiger charge is -2.10. The summed E-state index contributed by atoms with van der Waals surface area (Å²) >= 11 is 9.63. The van der Waals surface area contributed by atoms with Crippen molar-refractivity contribution in [1.82, 2.24) is 15.1 Å². The van der Waals surface area contributed by atoms with E-state index in [9.17, 15) is 0 Å². The minimum absolute atomic E-state index is 0.356. The molecule has 1 unspecified atom stereocenters. The zero-order chi connectivity index (χ0) is 13.8.